The summed E-state index contributed by atoms with van der Waals surface area (Å²) < 4.78 is 0. The lowest BCUT2D eigenvalue weighted by Gasteiger charge is -2.16. The third kappa shape index (κ3) is 3.37. The van der Waals surface area contributed by atoms with Gasteiger partial charge in [-0.2, -0.15) is 0 Å². The monoisotopic (exact) mass is 350 g/mol. The number of aromatic nitrogens is 3. The highest BCUT2D eigenvalue weighted by atomic mass is 16.3. The van der Waals surface area contributed by atoms with E-state index in [4.69, 9.17) is 0 Å². The molecule has 0 aliphatic carbocycles. The van der Waals surface area contributed by atoms with E-state index < -0.39 is 0 Å². The van der Waals surface area contributed by atoms with Gasteiger partial charge in [0.2, 0.25) is 0 Å². The zero-order valence-electron chi connectivity index (χ0n) is 15.4. The Bertz CT molecular complexity index is 899. The first-order chi connectivity index (χ1) is 12.6. The van der Waals surface area contributed by atoms with Crippen molar-refractivity contribution < 1.29 is 5.11 Å². The fraction of sp³-hybridized carbons (Fsp3) is 0.429. The second-order valence-corrected chi connectivity index (χ2v) is 7.32. The summed E-state index contributed by atoms with van der Waals surface area (Å²) in [6, 6.07) is 10.3. The van der Waals surface area contributed by atoms with Gasteiger partial charge in [-0.15, -0.1) is 0 Å². The van der Waals surface area contributed by atoms with E-state index in [0.717, 1.165) is 48.7 Å². The highest BCUT2D eigenvalue weighted by Crippen LogP contribution is 2.26. The highest BCUT2D eigenvalue weighted by Gasteiger charge is 2.32. The van der Waals surface area contributed by atoms with Crippen molar-refractivity contribution in [2.75, 3.05) is 13.1 Å². The van der Waals surface area contributed by atoms with Gasteiger partial charge >= 0.3 is 0 Å². The topological polar surface area (TPSA) is 65.0 Å². The average Bonchev–Trinajstić information content (AvgIpc) is 3.18. The maximum absolute atomic E-state index is 10.6. The van der Waals surface area contributed by atoms with Crippen molar-refractivity contribution in [3.05, 3.63) is 59.3 Å². The van der Waals surface area contributed by atoms with E-state index in [2.05, 4.69) is 51.9 Å². The number of aliphatic hydroxyl groups is 1. The van der Waals surface area contributed by atoms with Gasteiger partial charge in [-0.3, -0.25) is 9.88 Å². The Morgan fingerprint density at radius 1 is 1.23 bits per heavy atom. The Hall–Kier alpha value is -2.24. The van der Waals surface area contributed by atoms with Crippen molar-refractivity contribution in [2.24, 2.45) is 5.92 Å². The SMILES string of the molecule is CCc1nc(CN2C[C@@H](Cc3ccnc4ccccc34)[C@@H](O)C2)c(C)[nH]1. The number of aromatic amines is 1. The molecule has 1 aliphatic heterocycles. The summed E-state index contributed by atoms with van der Waals surface area (Å²) in [7, 11) is 0. The van der Waals surface area contributed by atoms with Crippen LogP contribution < -0.4 is 0 Å². The number of likely N-dealkylation sites (tertiary alicyclic amines) is 1. The van der Waals surface area contributed by atoms with Crippen LogP contribution in [-0.2, 0) is 19.4 Å². The quantitative estimate of drug-likeness (QED) is 0.743. The summed E-state index contributed by atoms with van der Waals surface area (Å²) >= 11 is 0. The predicted octanol–water partition coefficient (Wildman–Crippen LogP) is 2.86. The van der Waals surface area contributed by atoms with Crippen LogP contribution >= 0.6 is 0 Å². The fourth-order valence-electron chi connectivity index (χ4n) is 3.98. The molecule has 26 heavy (non-hydrogen) atoms. The van der Waals surface area contributed by atoms with Crippen LogP contribution in [0.5, 0.6) is 0 Å². The number of benzene rings is 1. The van der Waals surface area contributed by atoms with Gasteiger partial charge in [0.1, 0.15) is 5.82 Å². The summed E-state index contributed by atoms with van der Waals surface area (Å²) in [6.07, 6.45) is 3.37. The zero-order valence-corrected chi connectivity index (χ0v) is 15.4. The Balaban J connectivity index is 1.47. The predicted molar refractivity (Wildman–Crippen MR) is 103 cm³/mol. The molecule has 2 aromatic heterocycles. The number of hydrogen-bond donors (Lipinski definition) is 2. The standard InChI is InChI=1S/C21H26N4O/c1-3-21-23-14(2)19(24-21)12-25-11-16(20(26)13-25)10-15-8-9-22-18-7-5-4-6-17(15)18/h4-9,16,20,26H,3,10-13H2,1-2H3,(H,23,24)/t16-,20+/m1/s1. The van der Waals surface area contributed by atoms with Crippen molar-refractivity contribution in [3.63, 3.8) is 0 Å². The van der Waals surface area contributed by atoms with Crippen LogP contribution in [0.25, 0.3) is 10.9 Å². The van der Waals surface area contributed by atoms with Gasteiger partial charge in [0.05, 0.1) is 17.3 Å². The van der Waals surface area contributed by atoms with Gasteiger partial charge in [0, 0.05) is 49.2 Å². The molecule has 3 aromatic rings. The minimum atomic E-state index is -0.299. The Morgan fingerprint density at radius 3 is 2.88 bits per heavy atom. The molecule has 0 radical (unpaired) electrons. The van der Waals surface area contributed by atoms with E-state index in [1.165, 1.54) is 10.9 Å². The molecule has 0 spiro atoms. The van der Waals surface area contributed by atoms with Crippen molar-refractivity contribution in [2.45, 2.75) is 39.3 Å². The number of hydrogen-bond acceptors (Lipinski definition) is 4. The number of para-hydroxylation sites is 1. The molecule has 1 fully saturated rings. The molecule has 4 rings (SSSR count). The molecular formula is C21H26N4O. The van der Waals surface area contributed by atoms with Crippen LogP contribution in [0.3, 0.4) is 0 Å². The summed E-state index contributed by atoms with van der Waals surface area (Å²) in [4.78, 5) is 14.8. The number of fused-ring (bicyclic) bond motifs is 1. The number of nitrogens with one attached hydrogen (secondary N) is 1. The van der Waals surface area contributed by atoms with E-state index in [0.29, 0.717) is 6.54 Å². The van der Waals surface area contributed by atoms with Crippen molar-refractivity contribution in [3.8, 4) is 0 Å². The number of aryl methyl sites for hydroxylation is 2. The lowest BCUT2D eigenvalue weighted by molar-refractivity contribution is 0.141. The average molecular weight is 350 g/mol. The molecule has 0 saturated carbocycles. The first-order valence-electron chi connectivity index (χ1n) is 9.41. The first kappa shape index (κ1) is 17.2. The molecule has 2 N–H and O–H groups in total. The Labute approximate surface area is 154 Å². The minimum absolute atomic E-state index is 0.241. The molecule has 1 saturated heterocycles. The summed E-state index contributed by atoms with van der Waals surface area (Å²) in [5.74, 6) is 1.28. The van der Waals surface area contributed by atoms with Crippen molar-refractivity contribution >= 4 is 10.9 Å². The van der Waals surface area contributed by atoms with E-state index >= 15 is 0 Å². The van der Waals surface area contributed by atoms with Gasteiger partial charge in [-0.1, -0.05) is 25.1 Å². The number of pyridine rings is 1. The second-order valence-electron chi connectivity index (χ2n) is 7.32. The number of nitrogens with zero attached hydrogens (tertiary/aromatic N) is 3. The van der Waals surface area contributed by atoms with Gasteiger partial charge in [-0.05, 0) is 31.0 Å². The van der Waals surface area contributed by atoms with E-state index in [1.807, 2.05) is 18.3 Å². The van der Waals surface area contributed by atoms with E-state index in [9.17, 15) is 5.11 Å². The fourth-order valence-corrected chi connectivity index (χ4v) is 3.98. The molecule has 0 unspecified atom stereocenters. The van der Waals surface area contributed by atoms with Crippen LogP contribution in [0.4, 0.5) is 0 Å². The summed E-state index contributed by atoms with van der Waals surface area (Å²) in [5, 5.41) is 11.8. The normalized spacial score (nSPS) is 20.9. The molecule has 5 nitrogen and oxygen atoms in total. The second kappa shape index (κ2) is 7.17. The van der Waals surface area contributed by atoms with E-state index in [1.54, 1.807) is 0 Å². The maximum Gasteiger partial charge on any atom is 0.106 e. The third-order valence-corrected chi connectivity index (χ3v) is 5.45. The van der Waals surface area contributed by atoms with Crippen LogP contribution in [0, 0.1) is 12.8 Å². The highest BCUT2D eigenvalue weighted by molar-refractivity contribution is 5.81. The molecular weight excluding hydrogens is 324 g/mol. The molecule has 5 heteroatoms. The van der Waals surface area contributed by atoms with E-state index in [-0.39, 0.29) is 12.0 Å². The number of rotatable bonds is 5. The molecule has 0 bridgehead atoms. The van der Waals surface area contributed by atoms with Crippen LogP contribution in [0.1, 0.15) is 29.7 Å². The van der Waals surface area contributed by atoms with Gasteiger partial charge in [0.15, 0.2) is 0 Å². The number of imidazole rings is 1. The Kier molecular flexibility index (Phi) is 4.74. The molecule has 3 heterocycles. The van der Waals surface area contributed by atoms with Gasteiger partial charge in [0.25, 0.3) is 0 Å². The number of β-amino-alcohol motifs (C(OH)–C–C–N with tert-alkyl or cyclic N) is 1. The van der Waals surface area contributed by atoms with Gasteiger partial charge < -0.3 is 10.1 Å². The Morgan fingerprint density at radius 2 is 2.08 bits per heavy atom. The third-order valence-electron chi connectivity index (χ3n) is 5.45. The van der Waals surface area contributed by atoms with Crippen LogP contribution in [0.2, 0.25) is 0 Å². The first-order valence-corrected chi connectivity index (χ1v) is 9.41. The molecule has 1 aliphatic rings. The summed E-state index contributed by atoms with van der Waals surface area (Å²) in [6.45, 7) is 6.59. The van der Waals surface area contributed by atoms with Crippen LogP contribution in [-0.4, -0.2) is 44.2 Å². The lowest BCUT2D eigenvalue weighted by atomic mass is 9.94. The number of aliphatic hydroxyl groups excluding tert-OH is 1. The maximum atomic E-state index is 10.6. The van der Waals surface area contributed by atoms with Crippen LogP contribution in [0.15, 0.2) is 36.5 Å². The summed E-state index contributed by atoms with van der Waals surface area (Å²) in [5.41, 5.74) is 4.53. The van der Waals surface area contributed by atoms with Crippen molar-refractivity contribution in [1.29, 1.82) is 0 Å². The molecule has 2 atom stereocenters. The van der Waals surface area contributed by atoms with Crippen molar-refractivity contribution in [1.82, 2.24) is 19.9 Å². The van der Waals surface area contributed by atoms with Gasteiger partial charge in [-0.25, -0.2) is 4.98 Å². The largest absolute Gasteiger partial charge is 0.391 e. The molecule has 136 valence electrons. The molecule has 0 amide bonds. The number of H-pyrrole nitrogens is 1. The lowest BCUT2D eigenvalue weighted by Crippen LogP contribution is -2.22. The zero-order chi connectivity index (χ0) is 18.1. The minimum Gasteiger partial charge on any atom is -0.391 e. The smallest absolute Gasteiger partial charge is 0.106 e. The molecule has 1 aromatic carbocycles.